The van der Waals surface area contributed by atoms with Crippen molar-refractivity contribution in [1.82, 2.24) is 0 Å². The fourth-order valence-corrected chi connectivity index (χ4v) is 2.52. The van der Waals surface area contributed by atoms with E-state index in [0.717, 1.165) is 18.1 Å². The number of nitrogens with zero attached hydrogens (tertiary/aromatic N) is 1. The van der Waals surface area contributed by atoms with Crippen molar-refractivity contribution < 1.29 is 28.7 Å². The molecule has 2 aromatic carbocycles. The van der Waals surface area contributed by atoms with Crippen LogP contribution in [0.25, 0.3) is 0 Å². The van der Waals surface area contributed by atoms with Gasteiger partial charge in [0, 0.05) is 11.8 Å². The Morgan fingerprint density at radius 1 is 1.22 bits per heavy atom. The van der Waals surface area contributed by atoms with Gasteiger partial charge in [-0.25, -0.2) is 4.79 Å². The number of nitro benzene ring substituents is 1. The van der Waals surface area contributed by atoms with Gasteiger partial charge in [-0.3, -0.25) is 14.9 Å². The second-order valence-electron chi connectivity index (χ2n) is 5.66. The average molecular weight is 372 g/mol. The van der Waals surface area contributed by atoms with Crippen LogP contribution < -0.4 is 14.8 Å². The SMILES string of the molecule is CCc1cccc(NC(=O)COC(=O)c2cc3c(cc2[N+](=O)[O-])OCO3)c1. The number of nitrogens with one attached hydrogen (secondary N) is 1. The van der Waals surface area contributed by atoms with Crippen LogP contribution in [-0.4, -0.2) is 30.2 Å². The van der Waals surface area contributed by atoms with E-state index in [1.165, 1.54) is 6.07 Å². The number of fused-ring (bicyclic) bond motifs is 1. The van der Waals surface area contributed by atoms with Crippen LogP contribution in [0.1, 0.15) is 22.8 Å². The van der Waals surface area contributed by atoms with Crippen molar-refractivity contribution in [2.45, 2.75) is 13.3 Å². The summed E-state index contributed by atoms with van der Waals surface area (Å²) in [5.74, 6) is -1.18. The zero-order valence-electron chi connectivity index (χ0n) is 14.4. The zero-order valence-corrected chi connectivity index (χ0v) is 14.4. The number of hydrogen-bond acceptors (Lipinski definition) is 7. The average Bonchev–Trinajstić information content (AvgIpc) is 3.12. The summed E-state index contributed by atoms with van der Waals surface area (Å²) in [7, 11) is 0. The number of nitro groups is 1. The molecule has 0 radical (unpaired) electrons. The van der Waals surface area contributed by atoms with E-state index >= 15 is 0 Å². The minimum absolute atomic E-state index is 0.0930. The highest BCUT2D eigenvalue weighted by Crippen LogP contribution is 2.38. The molecule has 9 nitrogen and oxygen atoms in total. The molecule has 0 spiro atoms. The Balaban J connectivity index is 1.67. The number of esters is 1. The number of rotatable bonds is 6. The number of amides is 1. The largest absolute Gasteiger partial charge is 0.454 e. The van der Waals surface area contributed by atoms with E-state index in [2.05, 4.69) is 5.32 Å². The van der Waals surface area contributed by atoms with Crippen LogP contribution >= 0.6 is 0 Å². The zero-order chi connectivity index (χ0) is 19.4. The molecule has 0 aromatic heterocycles. The highest BCUT2D eigenvalue weighted by atomic mass is 16.7. The molecule has 1 aliphatic rings. The van der Waals surface area contributed by atoms with Gasteiger partial charge in [0.15, 0.2) is 18.1 Å². The van der Waals surface area contributed by atoms with Gasteiger partial charge in [-0.1, -0.05) is 19.1 Å². The highest BCUT2D eigenvalue weighted by molar-refractivity contribution is 5.98. The van der Waals surface area contributed by atoms with Crippen LogP contribution in [0.5, 0.6) is 11.5 Å². The van der Waals surface area contributed by atoms with E-state index in [9.17, 15) is 19.7 Å². The Morgan fingerprint density at radius 2 is 1.96 bits per heavy atom. The Kier molecular flexibility index (Phi) is 5.20. The summed E-state index contributed by atoms with van der Waals surface area (Å²) >= 11 is 0. The monoisotopic (exact) mass is 372 g/mol. The van der Waals surface area contributed by atoms with Gasteiger partial charge in [-0.2, -0.15) is 0 Å². The normalized spacial score (nSPS) is 11.7. The van der Waals surface area contributed by atoms with Gasteiger partial charge in [-0.15, -0.1) is 0 Å². The standard InChI is InChI=1S/C18H16N2O7/c1-2-11-4-3-5-12(6-11)19-17(21)9-25-18(22)13-7-15-16(27-10-26-15)8-14(13)20(23)24/h3-8H,2,9-10H2,1H3,(H,19,21). The number of aryl methyl sites for hydroxylation is 1. The predicted octanol–water partition coefficient (Wildman–Crippen LogP) is 2.68. The first-order chi connectivity index (χ1) is 13.0. The Morgan fingerprint density at radius 3 is 2.67 bits per heavy atom. The maximum atomic E-state index is 12.2. The molecule has 2 aromatic rings. The van der Waals surface area contributed by atoms with Gasteiger partial charge in [0.2, 0.25) is 6.79 Å². The van der Waals surface area contributed by atoms with Crippen molar-refractivity contribution >= 4 is 23.3 Å². The number of benzene rings is 2. The third-order valence-electron chi connectivity index (χ3n) is 3.86. The van der Waals surface area contributed by atoms with Gasteiger partial charge in [0.05, 0.1) is 11.0 Å². The van der Waals surface area contributed by atoms with Crippen molar-refractivity contribution in [3.05, 3.63) is 57.6 Å². The molecule has 0 saturated carbocycles. The van der Waals surface area contributed by atoms with Gasteiger partial charge in [0.1, 0.15) is 5.56 Å². The van der Waals surface area contributed by atoms with Gasteiger partial charge in [0.25, 0.3) is 11.6 Å². The molecule has 0 aliphatic carbocycles. The third-order valence-corrected chi connectivity index (χ3v) is 3.86. The number of carbonyl (C=O) groups excluding carboxylic acids is 2. The van der Waals surface area contributed by atoms with E-state index in [-0.39, 0.29) is 23.9 Å². The topological polar surface area (TPSA) is 117 Å². The van der Waals surface area contributed by atoms with E-state index < -0.39 is 29.1 Å². The molecule has 1 heterocycles. The second-order valence-corrected chi connectivity index (χ2v) is 5.66. The summed E-state index contributed by atoms with van der Waals surface area (Å²) in [5.41, 5.74) is 0.815. The molecular formula is C18H16N2O7. The van der Waals surface area contributed by atoms with Crippen molar-refractivity contribution in [2.75, 3.05) is 18.7 Å². The molecule has 0 fully saturated rings. The van der Waals surface area contributed by atoms with Crippen LogP contribution in [0.3, 0.4) is 0 Å². The molecular weight excluding hydrogens is 356 g/mol. The van der Waals surface area contributed by atoms with Crippen molar-refractivity contribution in [2.24, 2.45) is 0 Å². The fraction of sp³-hybridized carbons (Fsp3) is 0.222. The minimum atomic E-state index is -1.00. The van der Waals surface area contributed by atoms with Gasteiger partial charge in [-0.05, 0) is 24.1 Å². The minimum Gasteiger partial charge on any atom is -0.454 e. The summed E-state index contributed by atoms with van der Waals surface area (Å²) < 4.78 is 15.1. The lowest BCUT2D eigenvalue weighted by Gasteiger charge is -2.08. The number of anilines is 1. The molecule has 0 saturated heterocycles. The number of ether oxygens (including phenoxy) is 3. The van der Waals surface area contributed by atoms with Crippen LogP contribution in [0.15, 0.2) is 36.4 Å². The summed E-state index contributed by atoms with van der Waals surface area (Å²) in [4.78, 5) is 34.7. The Labute approximate surface area is 154 Å². The lowest BCUT2D eigenvalue weighted by atomic mass is 10.1. The first-order valence-electron chi connectivity index (χ1n) is 8.12. The number of carbonyl (C=O) groups is 2. The third kappa shape index (κ3) is 4.14. The molecule has 0 unspecified atom stereocenters. The molecule has 1 amide bonds. The van der Waals surface area contributed by atoms with Crippen molar-refractivity contribution in [3.63, 3.8) is 0 Å². The predicted molar refractivity (Wildman–Crippen MR) is 94.0 cm³/mol. The summed E-state index contributed by atoms with van der Waals surface area (Å²) in [6.07, 6.45) is 0.812. The quantitative estimate of drug-likeness (QED) is 0.470. The van der Waals surface area contributed by atoms with Crippen LogP contribution in [0, 0.1) is 10.1 Å². The maximum Gasteiger partial charge on any atom is 0.345 e. The highest BCUT2D eigenvalue weighted by Gasteiger charge is 2.28. The molecule has 1 N–H and O–H groups in total. The van der Waals surface area contributed by atoms with Crippen molar-refractivity contribution in [1.29, 1.82) is 0 Å². The van der Waals surface area contributed by atoms with Crippen molar-refractivity contribution in [3.8, 4) is 11.5 Å². The molecule has 140 valence electrons. The molecule has 9 heteroatoms. The van der Waals surface area contributed by atoms with Crippen LogP contribution in [0.2, 0.25) is 0 Å². The van der Waals surface area contributed by atoms with Gasteiger partial charge < -0.3 is 19.5 Å². The second kappa shape index (κ2) is 7.73. The molecule has 1 aliphatic heterocycles. The Bertz CT molecular complexity index is 911. The smallest absolute Gasteiger partial charge is 0.345 e. The summed E-state index contributed by atoms with van der Waals surface area (Å²) in [6.45, 7) is 1.31. The lowest BCUT2D eigenvalue weighted by Crippen LogP contribution is -2.21. The maximum absolute atomic E-state index is 12.2. The van der Waals surface area contributed by atoms with E-state index in [4.69, 9.17) is 14.2 Å². The fourth-order valence-electron chi connectivity index (χ4n) is 2.52. The van der Waals surface area contributed by atoms with Crippen LogP contribution in [0.4, 0.5) is 11.4 Å². The Hall–Kier alpha value is -3.62. The molecule has 27 heavy (non-hydrogen) atoms. The number of hydrogen-bond donors (Lipinski definition) is 1. The lowest BCUT2D eigenvalue weighted by molar-refractivity contribution is -0.385. The molecule has 0 atom stereocenters. The van der Waals surface area contributed by atoms with Gasteiger partial charge >= 0.3 is 5.97 Å². The first-order valence-corrected chi connectivity index (χ1v) is 8.12. The van der Waals surface area contributed by atoms with E-state index in [1.54, 1.807) is 12.1 Å². The first kappa shape index (κ1) is 18.2. The molecule has 0 bridgehead atoms. The molecule has 3 rings (SSSR count). The van der Waals surface area contributed by atoms with Crippen LogP contribution in [-0.2, 0) is 16.0 Å². The van der Waals surface area contributed by atoms with E-state index in [1.807, 2.05) is 19.1 Å². The summed E-state index contributed by atoms with van der Waals surface area (Å²) in [5, 5.41) is 13.8. The van der Waals surface area contributed by atoms with E-state index in [0.29, 0.717) is 5.69 Å². The summed E-state index contributed by atoms with van der Waals surface area (Å²) in [6, 6.07) is 9.51.